The maximum Gasteiger partial charge on any atom is 0.146 e. The number of nitrogens with zero attached hydrogens (tertiary/aromatic N) is 2. The molecule has 0 aliphatic carbocycles. The number of nitrogens with one attached hydrogen (secondary N) is 1. The Hall–Kier alpha value is -0.810. The maximum atomic E-state index is 5.42. The zero-order valence-electron chi connectivity index (χ0n) is 10.4. The average molecular weight is 240 g/mol. The Bertz CT molecular complexity index is 354. The number of hydrazine groups is 1. The molecule has 16 heavy (non-hydrogen) atoms. The second-order valence-electron chi connectivity index (χ2n) is 3.87. The third-order valence-corrected chi connectivity index (χ3v) is 3.97. The van der Waals surface area contributed by atoms with E-state index in [0.717, 1.165) is 35.1 Å². The van der Waals surface area contributed by atoms with Crippen LogP contribution in [0.25, 0.3) is 0 Å². The minimum Gasteiger partial charge on any atom is -0.308 e. The van der Waals surface area contributed by atoms with Crippen LogP contribution in [0.5, 0.6) is 0 Å². The lowest BCUT2D eigenvalue weighted by Crippen LogP contribution is -2.13. The highest BCUT2D eigenvalue weighted by Gasteiger charge is 2.08. The van der Waals surface area contributed by atoms with Gasteiger partial charge in [-0.25, -0.2) is 15.8 Å². The molecule has 0 radical (unpaired) electrons. The molecule has 0 aliphatic rings. The first-order chi connectivity index (χ1) is 7.58. The van der Waals surface area contributed by atoms with Gasteiger partial charge in [0.05, 0.1) is 5.75 Å². The quantitative estimate of drug-likeness (QED) is 0.611. The first-order valence-electron chi connectivity index (χ1n) is 5.50. The lowest BCUT2D eigenvalue weighted by Gasteiger charge is -2.11. The van der Waals surface area contributed by atoms with Gasteiger partial charge >= 0.3 is 0 Å². The van der Waals surface area contributed by atoms with E-state index in [1.807, 2.05) is 25.6 Å². The van der Waals surface area contributed by atoms with E-state index in [0.29, 0.717) is 5.25 Å². The molecule has 0 saturated carbocycles. The molecule has 4 nitrogen and oxygen atoms in total. The Labute approximate surface area is 101 Å². The van der Waals surface area contributed by atoms with Gasteiger partial charge in [-0.15, -0.1) is 0 Å². The Morgan fingerprint density at radius 2 is 2.06 bits per heavy atom. The number of nitrogen functional groups attached to an aromatic ring is 1. The summed E-state index contributed by atoms with van der Waals surface area (Å²) in [6, 6.07) is 0. The zero-order valence-corrected chi connectivity index (χ0v) is 11.2. The predicted octanol–water partition coefficient (Wildman–Crippen LogP) is 2.41. The number of nitrogens with two attached hydrogens (primary N) is 1. The summed E-state index contributed by atoms with van der Waals surface area (Å²) >= 11 is 1.87. The Morgan fingerprint density at radius 3 is 2.62 bits per heavy atom. The number of hydrogen-bond donors (Lipinski definition) is 2. The summed E-state index contributed by atoms with van der Waals surface area (Å²) < 4.78 is 0. The third kappa shape index (κ3) is 3.35. The Balaban J connectivity index is 2.78. The fraction of sp³-hybridized carbons (Fsp3) is 0.636. The molecule has 3 N–H and O–H groups in total. The molecular weight excluding hydrogens is 220 g/mol. The van der Waals surface area contributed by atoms with Crippen LogP contribution in [0.1, 0.15) is 37.4 Å². The fourth-order valence-corrected chi connectivity index (χ4v) is 2.02. The largest absolute Gasteiger partial charge is 0.308 e. The van der Waals surface area contributed by atoms with Crippen LogP contribution in [0.2, 0.25) is 0 Å². The molecule has 90 valence electrons. The van der Waals surface area contributed by atoms with E-state index < -0.39 is 0 Å². The zero-order chi connectivity index (χ0) is 12.1. The summed E-state index contributed by atoms with van der Waals surface area (Å²) in [4.78, 5) is 8.85. The Morgan fingerprint density at radius 1 is 1.38 bits per heavy atom. The molecule has 0 bridgehead atoms. The first-order valence-corrected chi connectivity index (χ1v) is 6.55. The van der Waals surface area contributed by atoms with Crippen molar-refractivity contribution in [3.05, 3.63) is 17.1 Å². The van der Waals surface area contributed by atoms with E-state index >= 15 is 0 Å². The van der Waals surface area contributed by atoms with Crippen LogP contribution in [-0.4, -0.2) is 15.2 Å². The van der Waals surface area contributed by atoms with Crippen molar-refractivity contribution in [2.45, 2.75) is 45.1 Å². The Kier molecular flexibility index (Phi) is 5.02. The third-order valence-electron chi connectivity index (χ3n) is 2.64. The molecule has 1 atom stereocenters. The number of thioether (sulfide) groups is 1. The van der Waals surface area contributed by atoms with Gasteiger partial charge in [0, 0.05) is 16.5 Å². The molecule has 0 spiro atoms. The van der Waals surface area contributed by atoms with Gasteiger partial charge in [0.25, 0.3) is 0 Å². The van der Waals surface area contributed by atoms with Crippen LogP contribution < -0.4 is 11.3 Å². The molecule has 1 unspecified atom stereocenters. The maximum absolute atomic E-state index is 5.42. The molecule has 0 amide bonds. The lowest BCUT2D eigenvalue weighted by molar-refractivity contribution is 0.898. The highest BCUT2D eigenvalue weighted by atomic mass is 32.2. The van der Waals surface area contributed by atoms with Crippen LogP contribution in [-0.2, 0) is 5.75 Å². The van der Waals surface area contributed by atoms with Gasteiger partial charge in [0.1, 0.15) is 11.6 Å². The molecule has 1 aromatic rings. The van der Waals surface area contributed by atoms with Gasteiger partial charge < -0.3 is 5.43 Å². The number of aryl methyl sites for hydroxylation is 1. The SMILES string of the molecule is CCC(C)SCc1nc(C)c(C)c(NN)n1. The van der Waals surface area contributed by atoms with Gasteiger partial charge in [0.15, 0.2) is 0 Å². The number of hydrogen-bond acceptors (Lipinski definition) is 5. The summed E-state index contributed by atoms with van der Waals surface area (Å²) in [5.74, 6) is 7.84. The van der Waals surface area contributed by atoms with Crippen molar-refractivity contribution < 1.29 is 0 Å². The summed E-state index contributed by atoms with van der Waals surface area (Å²) in [5, 5.41) is 0.638. The number of aromatic nitrogens is 2. The smallest absolute Gasteiger partial charge is 0.146 e. The number of rotatable bonds is 5. The normalized spacial score (nSPS) is 12.6. The van der Waals surface area contributed by atoms with E-state index in [1.54, 1.807) is 0 Å². The van der Waals surface area contributed by atoms with Crippen molar-refractivity contribution in [3.8, 4) is 0 Å². The van der Waals surface area contributed by atoms with Crippen LogP contribution in [0.4, 0.5) is 5.82 Å². The van der Waals surface area contributed by atoms with Crippen LogP contribution in [0, 0.1) is 13.8 Å². The first kappa shape index (κ1) is 13.3. The molecule has 0 aromatic carbocycles. The summed E-state index contributed by atoms with van der Waals surface area (Å²) in [6.07, 6.45) is 1.16. The van der Waals surface area contributed by atoms with Gasteiger partial charge in [-0.3, -0.25) is 0 Å². The van der Waals surface area contributed by atoms with E-state index in [2.05, 4.69) is 29.2 Å². The van der Waals surface area contributed by atoms with Crippen LogP contribution in [0.15, 0.2) is 0 Å². The van der Waals surface area contributed by atoms with Gasteiger partial charge in [-0.1, -0.05) is 13.8 Å². The van der Waals surface area contributed by atoms with Gasteiger partial charge in [-0.05, 0) is 20.3 Å². The highest BCUT2D eigenvalue weighted by molar-refractivity contribution is 7.99. The molecule has 1 heterocycles. The predicted molar refractivity (Wildman–Crippen MR) is 70.4 cm³/mol. The molecule has 1 rings (SSSR count). The van der Waals surface area contributed by atoms with Crippen molar-refractivity contribution in [2.24, 2.45) is 5.84 Å². The second-order valence-corrected chi connectivity index (χ2v) is 5.30. The average Bonchev–Trinajstić information content (AvgIpc) is 2.29. The number of anilines is 1. The van der Waals surface area contributed by atoms with Crippen LogP contribution >= 0.6 is 11.8 Å². The fourth-order valence-electron chi connectivity index (χ4n) is 1.23. The van der Waals surface area contributed by atoms with Crippen molar-refractivity contribution in [1.82, 2.24) is 9.97 Å². The van der Waals surface area contributed by atoms with E-state index in [-0.39, 0.29) is 0 Å². The van der Waals surface area contributed by atoms with Crippen LogP contribution in [0.3, 0.4) is 0 Å². The van der Waals surface area contributed by atoms with E-state index in [4.69, 9.17) is 5.84 Å². The van der Waals surface area contributed by atoms with Crippen molar-refractivity contribution >= 4 is 17.6 Å². The monoisotopic (exact) mass is 240 g/mol. The second kappa shape index (κ2) is 6.06. The van der Waals surface area contributed by atoms with E-state index in [9.17, 15) is 0 Å². The lowest BCUT2D eigenvalue weighted by atomic mass is 10.2. The molecule has 0 saturated heterocycles. The standard InChI is InChI=1S/C11H20N4S/c1-5-7(2)16-6-10-13-9(4)8(3)11(14-10)15-12/h7H,5-6,12H2,1-4H3,(H,13,14,15). The van der Waals surface area contributed by atoms with Crippen molar-refractivity contribution in [3.63, 3.8) is 0 Å². The summed E-state index contributed by atoms with van der Waals surface area (Å²) in [7, 11) is 0. The summed E-state index contributed by atoms with van der Waals surface area (Å²) in [6.45, 7) is 8.35. The van der Waals surface area contributed by atoms with Crippen molar-refractivity contribution in [2.75, 3.05) is 5.43 Å². The van der Waals surface area contributed by atoms with E-state index in [1.165, 1.54) is 0 Å². The molecule has 5 heteroatoms. The molecule has 1 aromatic heterocycles. The minimum atomic E-state index is 0.638. The topological polar surface area (TPSA) is 63.8 Å². The summed E-state index contributed by atoms with van der Waals surface area (Å²) in [5.41, 5.74) is 4.62. The molecule has 0 fully saturated rings. The minimum absolute atomic E-state index is 0.638. The van der Waals surface area contributed by atoms with Crippen molar-refractivity contribution in [1.29, 1.82) is 0 Å². The highest BCUT2D eigenvalue weighted by Crippen LogP contribution is 2.20. The molecule has 0 aliphatic heterocycles. The van der Waals surface area contributed by atoms with Gasteiger partial charge in [0.2, 0.25) is 0 Å². The van der Waals surface area contributed by atoms with Gasteiger partial charge in [-0.2, -0.15) is 11.8 Å². The molecular formula is C11H20N4S.